The fourth-order valence-corrected chi connectivity index (χ4v) is 1.65. The molecule has 1 aliphatic carbocycles. The number of nitrogens with two attached hydrogens (primary N) is 1. The van der Waals surface area contributed by atoms with Crippen molar-refractivity contribution < 1.29 is 0 Å². The SMILES string of the molecule is N=CC1=C[C@H](Br)CCC1N. The highest BCUT2D eigenvalue weighted by molar-refractivity contribution is 9.09. The monoisotopic (exact) mass is 202 g/mol. The molecule has 56 valence electrons. The Morgan fingerprint density at radius 2 is 2.40 bits per heavy atom. The first-order valence-corrected chi connectivity index (χ1v) is 4.27. The third-order valence-corrected chi connectivity index (χ3v) is 2.44. The fourth-order valence-electron chi connectivity index (χ4n) is 1.08. The molecule has 0 aromatic heterocycles. The molecule has 1 rings (SSSR count). The van der Waals surface area contributed by atoms with Crippen LogP contribution in [0.1, 0.15) is 12.8 Å². The molecule has 0 fully saturated rings. The maximum atomic E-state index is 7.02. The van der Waals surface area contributed by atoms with E-state index in [1.54, 1.807) is 0 Å². The first-order chi connectivity index (χ1) is 4.74. The van der Waals surface area contributed by atoms with Gasteiger partial charge >= 0.3 is 0 Å². The van der Waals surface area contributed by atoms with Gasteiger partial charge in [0.05, 0.1) is 0 Å². The van der Waals surface area contributed by atoms with Gasteiger partial charge in [-0.1, -0.05) is 22.0 Å². The van der Waals surface area contributed by atoms with Crippen LogP contribution in [0, 0.1) is 5.41 Å². The quantitative estimate of drug-likeness (QED) is 0.491. The van der Waals surface area contributed by atoms with E-state index in [1.165, 1.54) is 6.21 Å². The van der Waals surface area contributed by atoms with Crippen molar-refractivity contribution in [3.8, 4) is 0 Å². The van der Waals surface area contributed by atoms with Gasteiger partial charge in [0.1, 0.15) is 0 Å². The van der Waals surface area contributed by atoms with Gasteiger partial charge in [-0.25, -0.2) is 0 Å². The maximum absolute atomic E-state index is 7.02. The summed E-state index contributed by atoms with van der Waals surface area (Å²) >= 11 is 3.46. The smallest absolute Gasteiger partial charge is 0.0332 e. The lowest BCUT2D eigenvalue weighted by atomic mass is 9.96. The molecule has 0 heterocycles. The average molecular weight is 203 g/mol. The van der Waals surface area contributed by atoms with Gasteiger partial charge in [0.2, 0.25) is 0 Å². The predicted molar refractivity (Wildman–Crippen MR) is 46.8 cm³/mol. The molecule has 1 aliphatic rings. The molecule has 0 saturated carbocycles. The van der Waals surface area contributed by atoms with E-state index >= 15 is 0 Å². The first kappa shape index (κ1) is 7.95. The predicted octanol–water partition coefficient (Wildman–Crippen LogP) is 1.45. The van der Waals surface area contributed by atoms with Crippen molar-refractivity contribution in [3.63, 3.8) is 0 Å². The molecule has 2 atom stereocenters. The second-order valence-corrected chi connectivity index (χ2v) is 3.69. The molecule has 0 bridgehead atoms. The van der Waals surface area contributed by atoms with Crippen molar-refractivity contribution >= 4 is 22.1 Å². The van der Waals surface area contributed by atoms with E-state index in [0.29, 0.717) is 4.83 Å². The highest BCUT2D eigenvalue weighted by Gasteiger charge is 2.15. The summed E-state index contributed by atoms with van der Waals surface area (Å²) in [5.41, 5.74) is 6.66. The second-order valence-electron chi connectivity index (χ2n) is 2.51. The Morgan fingerprint density at radius 1 is 1.70 bits per heavy atom. The molecule has 3 N–H and O–H groups in total. The summed E-state index contributed by atoms with van der Waals surface area (Å²) in [5, 5.41) is 7.02. The van der Waals surface area contributed by atoms with E-state index < -0.39 is 0 Å². The topological polar surface area (TPSA) is 49.9 Å². The van der Waals surface area contributed by atoms with Crippen LogP contribution in [-0.4, -0.2) is 17.1 Å². The van der Waals surface area contributed by atoms with E-state index in [9.17, 15) is 0 Å². The molecule has 1 unspecified atom stereocenters. The number of alkyl halides is 1. The van der Waals surface area contributed by atoms with Crippen LogP contribution in [0.25, 0.3) is 0 Å². The molecule has 0 amide bonds. The molecular formula is C7H11BrN2. The largest absolute Gasteiger partial charge is 0.324 e. The number of allylic oxidation sites excluding steroid dienone is 1. The zero-order chi connectivity index (χ0) is 7.56. The number of nitrogens with one attached hydrogen (secondary N) is 1. The van der Waals surface area contributed by atoms with Gasteiger partial charge in [-0.2, -0.15) is 0 Å². The van der Waals surface area contributed by atoms with Crippen LogP contribution < -0.4 is 5.73 Å². The summed E-state index contributed by atoms with van der Waals surface area (Å²) in [7, 11) is 0. The number of halogens is 1. The summed E-state index contributed by atoms with van der Waals surface area (Å²) < 4.78 is 0. The zero-order valence-electron chi connectivity index (χ0n) is 5.68. The Kier molecular flexibility index (Phi) is 2.63. The molecule has 0 spiro atoms. The molecule has 3 heteroatoms. The van der Waals surface area contributed by atoms with Crippen LogP contribution >= 0.6 is 15.9 Å². The van der Waals surface area contributed by atoms with Gasteiger partial charge in [0.15, 0.2) is 0 Å². The summed E-state index contributed by atoms with van der Waals surface area (Å²) in [6.45, 7) is 0. The second kappa shape index (κ2) is 3.30. The van der Waals surface area contributed by atoms with Crippen LogP contribution in [0.3, 0.4) is 0 Å². The van der Waals surface area contributed by atoms with Crippen LogP contribution in [-0.2, 0) is 0 Å². The number of rotatable bonds is 1. The van der Waals surface area contributed by atoms with Crippen molar-refractivity contribution in [2.45, 2.75) is 23.7 Å². The van der Waals surface area contributed by atoms with E-state index in [4.69, 9.17) is 11.1 Å². The Labute approximate surface area is 69.1 Å². The van der Waals surface area contributed by atoms with Gasteiger partial charge in [-0.05, 0) is 18.4 Å². The Balaban J connectivity index is 2.71. The minimum absolute atomic E-state index is 0.0892. The van der Waals surface area contributed by atoms with E-state index in [-0.39, 0.29) is 6.04 Å². The zero-order valence-corrected chi connectivity index (χ0v) is 7.26. The maximum Gasteiger partial charge on any atom is 0.0332 e. The summed E-state index contributed by atoms with van der Waals surface area (Å²) in [5.74, 6) is 0. The summed E-state index contributed by atoms with van der Waals surface area (Å²) in [6, 6.07) is 0.0892. The number of hydrogen-bond acceptors (Lipinski definition) is 2. The van der Waals surface area contributed by atoms with Gasteiger partial charge in [-0.15, -0.1) is 0 Å². The molecule has 0 aromatic rings. The molecule has 10 heavy (non-hydrogen) atoms. The van der Waals surface area contributed by atoms with Gasteiger partial charge in [0.25, 0.3) is 0 Å². The van der Waals surface area contributed by atoms with Gasteiger partial charge < -0.3 is 11.1 Å². The lowest BCUT2D eigenvalue weighted by Crippen LogP contribution is -2.28. The summed E-state index contributed by atoms with van der Waals surface area (Å²) in [4.78, 5) is 0.420. The van der Waals surface area contributed by atoms with Crippen LogP contribution in [0.15, 0.2) is 11.6 Å². The highest BCUT2D eigenvalue weighted by atomic mass is 79.9. The lowest BCUT2D eigenvalue weighted by Gasteiger charge is -2.20. The molecule has 0 aromatic carbocycles. The van der Waals surface area contributed by atoms with Crippen LogP contribution in [0.2, 0.25) is 0 Å². The van der Waals surface area contributed by atoms with Crippen LogP contribution in [0.5, 0.6) is 0 Å². The van der Waals surface area contributed by atoms with Crippen molar-refractivity contribution in [2.24, 2.45) is 5.73 Å². The number of hydrogen-bond donors (Lipinski definition) is 2. The minimum Gasteiger partial charge on any atom is -0.324 e. The molecular weight excluding hydrogens is 192 g/mol. The Morgan fingerprint density at radius 3 is 2.90 bits per heavy atom. The summed E-state index contributed by atoms with van der Waals surface area (Å²) in [6.07, 6.45) is 5.43. The normalized spacial score (nSPS) is 33.2. The Bertz CT molecular complexity index is 165. The van der Waals surface area contributed by atoms with E-state index in [1.807, 2.05) is 6.08 Å². The van der Waals surface area contributed by atoms with Crippen molar-refractivity contribution in [1.82, 2.24) is 0 Å². The molecule has 0 radical (unpaired) electrons. The minimum atomic E-state index is 0.0892. The third kappa shape index (κ3) is 1.67. The standard InChI is InChI=1S/C7H11BrN2/c8-6-1-2-7(10)5(3-6)4-9/h3-4,6-7,9H,1-2,10H2/t6-,7?/m1/s1. The molecule has 2 nitrogen and oxygen atoms in total. The molecule has 0 saturated heterocycles. The van der Waals surface area contributed by atoms with E-state index in [0.717, 1.165) is 18.4 Å². The van der Waals surface area contributed by atoms with E-state index in [2.05, 4.69) is 15.9 Å². The lowest BCUT2D eigenvalue weighted by molar-refractivity contribution is 0.643. The first-order valence-electron chi connectivity index (χ1n) is 3.36. The molecule has 0 aliphatic heterocycles. The van der Waals surface area contributed by atoms with Gasteiger partial charge in [-0.3, -0.25) is 0 Å². The van der Waals surface area contributed by atoms with Crippen molar-refractivity contribution in [2.75, 3.05) is 0 Å². The van der Waals surface area contributed by atoms with Crippen LogP contribution in [0.4, 0.5) is 0 Å². The fraction of sp³-hybridized carbons (Fsp3) is 0.571. The third-order valence-electron chi connectivity index (χ3n) is 1.72. The highest BCUT2D eigenvalue weighted by Crippen LogP contribution is 2.20. The van der Waals surface area contributed by atoms with Gasteiger partial charge in [0, 0.05) is 17.1 Å². The Hall–Kier alpha value is -0.150. The van der Waals surface area contributed by atoms with Crippen molar-refractivity contribution in [1.29, 1.82) is 5.41 Å². The van der Waals surface area contributed by atoms with Crippen molar-refractivity contribution in [3.05, 3.63) is 11.6 Å². The average Bonchev–Trinajstić information content (AvgIpc) is 1.94.